The third kappa shape index (κ3) is 60.9. The number of nitrogens with one attached hydrogen (secondary N) is 1. The van der Waals surface area contributed by atoms with Gasteiger partial charge in [-0.25, -0.2) is 0 Å². The summed E-state index contributed by atoms with van der Waals surface area (Å²) in [4.78, 5) is 24.6. The van der Waals surface area contributed by atoms with Crippen molar-refractivity contribution in [3.05, 3.63) is 48.6 Å². The monoisotopic (exact) mass is 1050 g/mol. The molecule has 440 valence electrons. The Hall–Kier alpha value is -2.18. The van der Waals surface area contributed by atoms with Gasteiger partial charge in [0.15, 0.2) is 0 Å². The molecule has 6 nitrogen and oxygen atoms in total. The van der Waals surface area contributed by atoms with E-state index in [2.05, 4.69) is 55.6 Å². The smallest absolute Gasteiger partial charge is 0.305 e. The summed E-state index contributed by atoms with van der Waals surface area (Å²) in [6.07, 6.45) is 83.0. The molecule has 0 fully saturated rings. The molecular formula is C69H129NO5. The Morgan fingerprint density at radius 1 is 0.373 bits per heavy atom. The molecule has 0 aliphatic heterocycles. The van der Waals surface area contributed by atoms with Crippen LogP contribution in [0.5, 0.6) is 0 Å². The molecule has 0 rings (SSSR count). The molecule has 0 radical (unpaired) electrons. The van der Waals surface area contributed by atoms with Crippen LogP contribution >= 0.6 is 0 Å². The van der Waals surface area contributed by atoms with Crippen molar-refractivity contribution in [2.45, 2.75) is 366 Å². The number of rotatable bonds is 62. The summed E-state index contributed by atoms with van der Waals surface area (Å²) in [5.74, 6) is -0.0952. The van der Waals surface area contributed by atoms with E-state index in [1.807, 2.05) is 6.08 Å². The Balaban J connectivity index is 3.49. The number of hydrogen-bond donors (Lipinski definition) is 3. The summed E-state index contributed by atoms with van der Waals surface area (Å²) >= 11 is 0. The van der Waals surface area contributed by atoms with Gasteiger partial charge in [0.2, 0.25) is 5.91 Å². The zero-order valence-corrected chi connectivity index (χ0v) is 50.3. The van der Waals surface area contributed by atoms with Crippen molar-refractivity contribution < 1.29 is 24.5 Å². The number of aliphatic hydroxyl groups excluding tert-OH is 2. The van der Waals surface area contributed by atoms with Crippen LogP contribution in [0.15, 0.2) is 48.6 Å². The van der Waals surface area contributed by atoms with Crippen LogP contribution in [-0.4, -0.2) is 47.4 Å². The summed E-state index contributed by atoms with van der Waals surface area (Å²) in [5.41, 5.74) is 0. The zero-order chi connectivity index (χ0) is 54.3. The second kappa shape index (κ2) is 64.3. The van der Waals surface area contributed by atoms with Gasteiger partial charge in [-0.05, 0) is 89.9 Å². The Kier molecular flexibility index (Phi) is 62.5. The van der Waals surface area contributed by atoms with Gasteiger partial charge < -0.3 is 20.3 Å². The normalized spacial score (nSPS) is 12.9. The molecule has 3 N–H and O–H groups in total. The molecule has 0 saturated heterocycles. The molecule has 75 heavy (non-hydrogen) atoms. The molecule has 0 heterocycles. The van der Waals surface area contributed by atoms with Gasteiger partial charge in [-0.3, -0.25) is 9.59 Å². The Morgan fingerprint density at radius 2 is 0.667 bits per heavy atom. The maximum absolute atomic E-state index is 12.5. The number of aliphatic hydroxyl groups is 2. The van der Waals surface area contributed by atoms with Gasteiger partial charge >= 0.3 is 5.97 Å². The topological polar surface area (TPSA) is 95.9 Å². The average Bonchev–Trinajstić information content (AvgIpc) is 3.41. The second-order valence-corrected chi connectivity index (χ2v) is 22.8. The minimum atomic E-state index is -0.857. The van der Waals surface area contributed by atoms with Crippen molar-refractivity contribution in [3.8, 4) is 0 Å². The zero-order valence-electron chi connectivity index (χ0n) is 50.3. The van der Waals surface area contributed by atoms with Crippen LogP contribution < -0.4 is 5.32 Å². The highest BCUT2D eigenvalue weighted by Gasteiger charge is 2.18. The van der Waals surface area contributed by atoms with E-state index in [9.17, 15) is 19.8 Å². The van der Waals surface area contributed by atoms with E-state index in [0.29, 0.717) is 19.4 Å². The molecule has 1 amide bonds. The molecule has 0 spiro atoms. The number of hydrogen-bond acceptors (Lipinski definition) is 5. The standard InChI is InChI=1S/C69H129NO5/c1-3-5-7-9-11-13-15-17-19-21-23-24-25-26-27-29-30-33-37-41-45-49-53-57-61-67(72)66(65-71)70-68(73)62-58-54-50-46-42-38-34-32-36-40-44-48-52-56-60-64-75-69(74)63-59-55-51-47-43-39-35-31-28-22-20-18-16-14-12-10-8-6-4-2/h12,14,18,20,36,40,57,61,66-67,71-72H,3-11,13,15-17,19,21-35,37-39,41-56,58-60,62-65H2,1-2H3,(H,70,73)/b14-12-,20-18-,40-36-,61-57+. The van der Waals surface area contributed by atoms with Gasteiger partial charge in [-0.1, -0.05) is 300 Å². The van der Waals surface area contributed by atoms with Crippen molar-refractivity contribution in [2.75, 3.05) is 13.2 Å². The van der Waals surface area contributed by atoms with Gasteiger partial charge in [-0.15, -0.1) is 0 Å². The fraction of sp³-hybridized carbons (Fsp3) is 0.855. The Labute approximate surface area is 467 Å². The lowest BCUT2D eigenvalue weighted by atomic mass is 10.0. The number of carbonyl (C=O) groups excluding carboxylic acids is 2. The van der Waals surface area contributed by atoms with E-state index in [-0.39, 0.29) is 18.5 Å². The summed E-state index contributed by atoms with van der Waals surface area (Å²) in [6.45, 7) is 4.87. The lowest BCUT2D eigenvalue weighted by Crippen LogP contribution is -2.45. The number of amides is 1. The average molecular weight is 1050 g/mol. The van der Waals surface area contributed by atoms with Crippen molar-refractivity contribution in [2.24, 2.45) is 0 Å². The predicted molar refractivity (Wildman–Crippen MR) is 329 cm³/mol. The molecule has 0 aromatic heterocycles. The van der Waals surface area contributed by atoms with Crippen LogP contribution in [0.25, 0.3) is 0 Å². The molecular weight excluding hydrogens is 923 g/mol. The largest absolute Gasteiger partial charge is 0.466 e. The summed E-state index contributed by atoms with van der Waals surface area (Å²) in [6, 6.07) is -0.642. The minimum absolute atomic E-state index is 0.0146. The second-order valence-electron chi connectivity index (χ2n) is 22.8. The van der Waals surface area contributed by atoms with Gasteiger partial charge in [0.05, 0.1) is 25.4 Å². The van der Waals surface area contributed by atoms with Gasteiger partial charge in [-0.2, -0.15) is 0 Å². The summed E-state index contributed by atoms with van der Waals surface area (Å²) in [7, 11) is 0. The number of ether oxygens (including phenoxy) is 1. The Bertz CT molecular complexity index is 1260. The van der Waals surface area contributed by atoms with E-state index < -0.39 is 12.1 Å². The van der Waals surface area contributed by atoms with E-state index in [1.165, 1.54) is 250 Å². The molecule has 0 saturated carbocycles. The third-order valence-electron chi connectivity index (χ3n) is 15.3. The van der Waals surface area contributed by atoms with Crippen molar-refractivity contribution in [3.63, 3.8) is 0 Å². The molecule has 0 bridgehead atoms. The van der Waals surface area contributed by atoms with E-state index in [4.69, 9.17) is 4.74 Å². The number of carbonyl (C=O) groups is 2. The lowest BCUT2D eigenvalue weighted by molar-refractivity contribution is -0.143. The first-order chi connectivity index (χ1) is 37.0. The minimum Gasteiger partial charge on any atom is -0.466 e. The Morgan fingerprint density at radius 3 is 1.05 bits per heavy atom. The van der Waals surface area contributed by atoms with Crippen molar-refractivity contribution >= 4 is 11.9 Å². The van der Waals surface area contributed by atoms with Crippen molar-refractivity contribution in [1.82, 2.24) is 5.32 Å². The highest BCUT2D eigenvalue weighted by atomic mass is 16.5. The van der Waals surface area contributed by atoms with Crippen LogP contribution in [0, 0.1) is 0 Å². The van der Waals surface area contributed by atoms with Crippen LogP contribution in [0.1, 0.15) is 354 Å². The van der Waals surface area contributed by atoms with Crippen molar-refractivity contribution in [1.29, 1.82) is 0 Å². The fourth-order valence-electron chi connectivity index (χ4n) is 10.2. The van der Waals surface area contributed by atoms with Crippen LogP contribution in [0.3, 0.4) is 0 Å². The molecule has 0 aromatic carbocycles. The molecule has 0 aliphatic carbocycles. The fourth-order valence-corrected chi connectivity index (χ4v) is 10.2. The summed E-state index contributed by atoms with van der Waals surface area (Å²) < 4.78 is 5.48. The molecule has 6 heteroatoms. The maximum atomic E-state index is 12.5. The first-order valence-corrected chi connectivity index (χ1v) is 33.4. The predicted octanol–water partition coefficient (Wildman–Crippen LogP) is 21.3. The van der Waals surface area contributed by atoms with E-state index >= 15 is 0 Å². The number of unbranched alkanes of at least 4 members (excludes halogenated alkanes) is 45. The first kappa shape index (κ1) is 72.8. The molecule has 0 aromatic rings. The first-order valence-electron chi connectivity index (χ1n) is 33.4. The number of esters is 1. The van der Waals surface area contributed by atoms with Gasteiger partial charge in [0.1, 0.15) is 0 Å². The highest BCUT2D eigenvalue weighted by molar-refractivity contribution is 5.76. The van der Waals surface area contributed by atoms with Crippen LogP contribution in [-0.2, 0) is 14.3 Å². The van der Waals surface area contributed by atoms with Gasteiger partial charge in [0.25, 0.3) is 0 Å². The van der Waals surface area contributed by atoms with Gasteiger partial charge in [0, 0.05) is 12.8 Å². The lowest BCUT2D eigenvalue weighted by Gasteiger charge is -2.20. The third-order valence-corrected chi connectivity index (χ3v) is 15.3. The van der Waals surface area contributed by atoms with Crippen LogP contribution in [0.2, 0.25) is 0 Å². The highest BCUT2D eigenvalue weighted by Crippen LogP contribution is 2.18. The molecule has 2 unspecified atom stereocenters. The van der Waals surface area contributed by atoms with Crippen LogP contribution in [0.4, 0.5) is 0 Å². The summed E-state index contributed by atoms with van der Waals surface area (Å²) in [5, 5.41) is 23.2. The molecule has 0 aliphatic rings. The SMILES string of the molecule is CCCCC/C=C\C/C=C\CCCCCCCCCCCC(=O)OCCCCCC/C=C\CCCCCCCCCC(=O)NC(CO)C(O)/C=C/CCCCCCCCCCCCCCCCCCCCCCCC. The quantitative estimate of drug-likeness (QED) is 0.0320. The van der Waals surface area contributed by atoms with E-state index in [1.54, 1.807) is 6.08 Å². The molecule has 2 atom stereocenters. The van der Waals surface area contributed by atoms with E-state index in [0.717, 1.165) is 77.0 Å². The maximum Gasteiger partial charge on any atom is 0.305 e. The number of allylic oxidation sites excluding steroid dienone is 7.